The van der Waals surface area contributed by atoms with Crippen molar-refractivity contribution in [2.24, 2.45) is 33.7 Å². The van der Waals surface area contributed by atoms with Gasteiger partial charge in [0.2, 0.25) is 23.6 Å². The van der Waals surface area contributed by atoms with Crippen LogP contribution in [0.4, 0.5) is 0 Å². The smallest absolute Gasteiger partial charge is 0.243 e. The Morgan fingerprint density at radius 3 is 1.89 bits per heavy atom. The molecule has 236 valence electrons. The second kappa shape index (κ2) is 18.3. The van der Waals surface area contributed by atoms with Crippen LogP contribution in [0.5, 0.6) is 0 Å². The number of hydrogen-bond donors (Lipinski definition) is 8. The number of nitrogens with one attached hydrogen (secondary N) is 3. The van der Waals surface area contributed by atoms with Crippen LogP contribution >= 0.6 is 0 Å². The lowest BCUT2D eigenvalue weighted by molar-refractivity contribution is -0.134. The monoisotopic (exact) mass is 605 g/mol. The molecule has 2 radical (unpaired) electrons. The number of aliphatic imine (C=N–C) groups is 1. The number of nitrogens with two attached hydrogens (primary N) is 5. The fourth-order valence-electron chi connectivity index (χ4n) is 4.45. The molecule has 0 aliphatic carbocycles. The molecule has 0 aromatic heterocycles. The molecular formula is C30H44BN9O4. The van der Waals surface area contributed by atoms with Gasteiger partial charge in [0.15, 0.2) is 5.96 Å². The summed E-state index contributed by atoms with van der Waals surface area (Å²) in [6.45, 7) is 0.587. The minimum atomic E-state index is -1.86. The molecule has 13 N–H and O–H groups in total. The maximum Gasteiger partial charge on any atom is 0.243 e. The minimum absolute atomic E-state index is 0.0556. The van der Waals surface area contributed by atoms with E-state index in [1.165, 1.54) is 0 Å². The van der Waals surface area contributed by atoms with E-state index in [-0.39, 0.29) is 38.2 Å². The first-order chi connectivity index (χ1) is 20.9. The molecule has 44 heavy (non-hydrogen) atoms. The van der Waals surface area contributed by atoms with E-state index in [9.17, 15) is 19.2 Å². The Morgan fingerprint density at radius 2 is 1.34 bits per heavy atom. The molecule has 13 nitrogen and oxygen atoms in total. The number of unbranched alkanes of at least 4 members (excludes halogenated alkanes) is 1. The Bertz CT molecular complexity index is 1250. The van der Waals surface area contributed by atoms with Crippen LogP contribution in [0.3, 0.4) is 0 Å². The van der Waals surface area contributed by atoms with Gasteiger partial charge in [0.25, 0.3) is 0 Å². The third-order valence-corrected chi connectivity index (χ3v) is 6.94. The molecule has 2 rings (SSSR count). The molecule has 0 fully saturated rings. The Morgan fingerprint density at radius 1 is 0.773 bits per heavy atom. The summed E-state index contributed by atoms with van der Waals surface area (Å²) in [6.07, 6.45) is 1.88. The molecule has 2 aromatic carbocycles. The number of carbonyl (C=O) groups excluding carboxylic acids is 4. The molecule has 0 saturated carbocycles. The van der Waals surface area contributed by atoms with Crippen molar-refractivity contribution in [3.63, 3.8) is 0 Å². The Balaban J connectivity index is 2.27. The summed E-state index contributed by atoms with van der Waals surface area (Å²) in [5.74, 6) is -2.94. The van der Waals surface area contributed by atoms with Gasteiger partial charge in [0, 0.05) is 13.0 Å². The highest BCUT2D eigenvalue weighted by atomic mass is 16.2. The number of rotatable bonds is 19. The van der Waals surface area contributed by atoms with Gasteiger partial charge in [-0.05, 0) is 49.8 Å². The lowest BCUT2D eigenvalue weighted by Gasteiger charge is -2.31. The predicted octanol–water partition coefficient (Wildman–Crippen LogP) is -1.58. The highest BCUT2D eigenvalue weighted by Gasteiger charge is 2.35. The number of amides is 4. The summed E-state index contributed by atoms with van der Waals surface area (Å²) >= 11 is 0. The second-order valence-electron chi connectivity index (χ2n) is 10.6. The average Bonchev–Trinajstić information content (AvgIpc) is 2.99. The summed E-state index contributed by atoms with van der Waals surface area (Å²) in [6, 6.07) is 15.0. The van der Waals surface area contributed by atoms with Gasteiger partial charge in [0.1, 0.15) is 19.9 Å². The molecule has 0 unspecified atom stereocenters. The van der Waals surface area contributed by atoms with Crippen LogP contribution in [0.1, 0.15) is 43.2 Å². The largest absolute Gasteiger partial charge is 0.370 e. The first-order valence-corrected chi connectivity index (χ1v) is 14.6. The molecule has 4 atom stereocenters. The standard InChI is InChI=1S/C30H44BN9O4/c31-30(28(34)44,15-7-8-16-32)40-27(43)24(19-21-12-5-2-6-13-21)39-26(42)23(14-9-17-37-29(35)36)38-25(41)22(33)18-20-10-3-1-4-11-20/h1-6,10-13,22-24H,7-9,14-19,32-33H2,(H2,34,44)(H,38,41)(H,39,42)(H,40,43)(H4,35,36,37)/t22-,23+,24-,30-/m0/s1. The Kier molecular flexibility index (Phi) is 14.9. The number of benzene rings is 2. The summed E-state index contributed by atoms with van der Waals surface area (Å²) in [4.78, 5) is 56.4. The van der Waals surface area contributed by atoms with Crippen molar-refractivity contribution >= 4 is 37.4 Å². The van der Waals surface area contributed by atoms with Crippen LogP contribution in [-0.2, 0) is 32.0 Å². The lowest BCUT2D eigenvalue weighted by atomic mass is 9.73. The summed E-state index contributed by atoms with van der Waals surface area (Å²) in [7, 11) is 6.21. The maximum absolute atomic E-state index is 13.6. The average molecular weight is 606 g/mol. The zero-order valence-electron chi connectivity index (χ0n) is 24.9. The van der Waals surface area contributed by atoms with Gasteiger partial charge in [0.05, 0.1) is 11.5 Å². The Hall–Kier alpha value is -4.43. The predicted molar refractivity (Wildman–Crippen MR) is 171 cm³/mol. The molecule has 0 spiro atoms. The molecule has 0 saturated heterocycles. The number of guanidine groups is 1. The molecule has 0 aliphatic rings. The second-order valence-corrected chi connectivity index (χ2v) is 10.6. The first-order valence-electron chi connectivity index (χ1n) is 14.6. The SMILES string of the molecule is [B][C@@](CCCCN)(NC(=O)[C@H](Cc1ccccc1)NC(=O)[C@@H](CCCN=C(N)N)NC(=O)[C@@H](N)Cc1ccccc1)C(N)=O. The van der Waals surface area contributed by atoms with Crippen molar-refractivity contribution < 1.29 is 19.2 Å². The van der Waals surface area contributed by atoms with E-state index in [1.807, 2.05) is 36.4 Å². The lowest BCUT2D eigenvalue weighted by Crippen LogP contribution is -2.63. The van der Waals surface area contributed by atoms with E-state index in [2.05, 4.69) is 20.9 Å². The van der Waals surface area contributed by atoms with Crippen LogP contribution in [0.25, 0.3) is 0 Å². The summed E-state index contributed by atoms with van der Waals surface area (Å²) < 4.78 is 0. The quantitative estimate of drug-likeness (QED) is 0.0401. The van der Waals surface area contributed by atoms with E-state index in [0.29, 0.717) is 25.8 Å². The van der Waals surface area contributed by atoms with Gasteiger partial charge in [-0.15, -0.1) is 0 Å². The minimum Gasteiger partial charge on any atom is -0.370 e. The maximum atomic E-state index is 13.6. The normalized spacial score (nSPS) is 14.2. The van der Waals surface area contributed by atoms with Crippen molar-refractivity contribution in [2.75, 3.05) is 13.1 Å². The molecule has 2 aromatic rings. The first kappa shape index (κ1) is 35.8. The summed E-state index contributed by atoms with van der Waals surface area (Å²) in [5, 5.41) is 7.95. The zero-order valence-corrected chi connectivity index (χ0v) is 24.9. The van der Waals surface area contributed by atoms with E-state index in [1.54, 1.807) is 24.3 Å². The van der Waals surface area contributed by atoms with Gasteiger partial charge >= 0.3 is 0 Å². The topological polar surface area (TPSA) is 247 Å². The van der Waals surface area contributed by atoms with E-state index in [0.717, 1.165) is 11.1 Å². The van der Waals surface area contributed by atoms with Crippen LogP contribution in [0.2, 0.25) is 0 Å². The number of primary amides is 1. The van der Waals surface area contributed by atoms with Crippen LogP contribution in [-0.4, -0.2) is 74.1 Å². The Labute approximate surface area is 259 Å². The van der Waals surface area contributed by atoms with Gasteiger partial charge in [-0.25, -0.2) is 0 Å². The van der Waals surface area contributed by atoms with E-state index >= 15 is 0 Å². The fraction of sp³-hybridized carbons (Fsp3) is 0.433. The van der Waals surface area contributed by atoms with Crippen LogP contribution in [0, 0.1) is 0 Å². The van der Waals surface area contributed by atoms with Gasteiger partial charge in [-0.3, -0.25) is 24.2 Å². The summed E-state index contributed by atoms with van der Waals surface area (Å²) in [5.41, 5.74) is 27.8. The van der Waals surface area contributed by atoms with Crippen molar-refractivity contribution in [1.82, 2.24) is 16.0 Å². The third kappa shape index (κ3) is 12.4. The van der Waals surface area contributed by atoms with Crippen LogP contribution in [0.15, 0.2) is 65.7 Å². The molecular weight excluding hydrogens is 561 g/mol. The van der Waals surface area contributed by atoms with Gasteiger partial charge in [-0.1, -0.05) is 67.1 Å². The van der Waals surface area contributed by atoms with Gasteiger partial charge in [-0.2, -0.15) is 0 Å². The zero-order chi connectivity index (χ0) is 32.5. The fourth-order valence-corrected chi connectivity index (χ4v) is 4.45. The highest BCUT2D eigenvalue weighted by molar-refractivity contribution is 6.29. The van der Waals surface area contributed by atoms with Crippen molar-refractivity contribution in [2.45, 2.75) is 68.5 Å². The van der Waals surface area contributed by atoms with Crippen molar-refractivity contribution in [1.29, 1.82) is 0 Å². The highest BCUT2D eigenvalue weighted by Crippen LogP contribution is 2.13. The number of hydrogen-bond acceptors (Lipinski definition) is 7. The third-order valence-electron chi connectivity index (χ3n) is 6.94. The number of carbonyl (C=O) groups is 4. The number of nitrogens with zero attached hydrogens (tertiary/aromatic N) is 1. The molecule has 14 heteroatoms. The molecule has 0 bridgehead atoms. The molecule has 0 aliphatic heterocycles. The van der Waals surface area contributed by atoms with Gasteiger partial charge < -0.3 is 44.6 Å². The van der Waals surface area contributed by atoms with Crippen molar-refractivity contribution in [3.05, 3.63) is 71.8 Å². The van der Waals surface area contributed by atoms with Crippen molar-refractivity contribution in [3.8, 4) is 0 Å². The molecule has 4 amide bonds. The van der Waals surface area contributed by atoms with E-state index < -0.39 is 47.2 Å². The van der Waals surface area contributed by atoms with Crippen LogP contribution < -0.4 is 44.6 Å². The van der Waals surface area contributed by atoms with E-state index in [4.69, 9.17) is 36.5 Å². The molecule has 0 heterocycles.